The summed E-state index contributed by atoms with van der Waals surface area (Å²) in [6.07, 6.45) is 1.23. The van der Waals surface area contributed by atoms with Crippen LogP contribution in [0.15, 0.2) is 48.5 Å². The van der Waals surface area contributed by atoms with Crippen molar-refractivity contribution in [2.75, 3.05) is 13.1 Å². The maximum Gasteiger partial charge on any atom is 0.267 e. The zero-order valence-corrected chi connectivity index (χ0v) is 27.6. The molecule has 2 aliphatic rings. The molecule has 2 amide bonds. The molecule has 2 aromatic heterocycles. The number of amides is 2. The number of H-pyrrole nitrogens is 2. The number of fused-ring (bicyclic) bond motifs is 4. The normalized spacial score (nSPS) is 21.0. The second kappa shape index (κ2) is 11.9. The van der Waals surface area contributed by atoms with Gasteiger partial charge in [0.05, 0.1) is 52.8 Å². The number of likely N-dealkylation sites (tertiary alicyclic amines) is 2. The molecule has 2 saturated heterocycles. The first-order valence-corrected chi connectivity index (χ1v) is 16.7. The molecule has 2 unspecified atom stereocenters. The smallest absolute Gasteiger partial charge is 0.267 e. The lowest BCUT2D eigenvalue weighted by Crippen LogP contribution is -2.47. The molecule has 2 aliphatic heterocycles. The molecule has 2 fully saturated rings. The number of carbonyl (C=O) groups excluding carboxylic acids is 2. The van der Waals surface area contributed by atoms with E-state index in [4.69, 9.17) is 16.5 Å². The molecule has 5 aromatic rings. The van der Waals surface area contributed by atoms with E-state index in [1.54, 1.807) is 13.8 Å². The lowest BCUT2D eigenvalue weighted by Gasteiger charge is -2.27. The van der Waals surface area contributed by atoms with E-state index in [-0.39, 0.29) is 23.8 Å². The number of imidazole rings is 2. The Morgan fingerprint density at radius 1 is 0.833 bits per heavy atom. The number of aromatic amines is 2. The van der Waals surface area contributed by atoms with Crippen molar-refractivity contribution in [1.82, 2.24) is 29.7 Å². The fourth-order valence-corrected chi connectivity index (χ4v) is 7.09. The van der Waals surface area contributed by atoms with Gasteiger partial charge in [0.1, 0.15) is 11.6 Å². The molecule has 12 heteroatoms. The van der Waals surface area contributed by atoms with Crippen molar-refractivity contribution in [3.8, 4) is 11.1 Å². The van der Waals surface area contributed by atoms with E-state index in [1.165, 1.54) is 4.90 Å². The minimum Gasteiger partial charge on any atom is -0.340 e. The first-order valence-electron chi connectivity index (χ1n) is 16.7. The number of hydrogen-bond acceptors (Lipinski definition) is 6. The summed E-state index contributed by atoms with van der Waals surface area (Å²) in [6, 6.07) is 13.6. The van der Waals surface area contributed by atoms with Crippen LogP contribution in [0.5, 0.6) is 0 Å². The van der Waals surface area contributed by atoms with Gasteiger partial charge in [-0.05, 0) is 65.5 Å². The average molecular weight is 657 g/mol. The van der Waals surface area contributed by atoms with Crippen LogP contribution in [-0.2, 0) is 9.59 Å². The quantitative estimate of drug-likeness (QED) is 0.174. The Morgan fingerprint density at radius 3 is 2.21 bits per heavy atom. The molecule has 10 nitrogen and oxygen atoms in total. The standard InChI is InChI=1S/C36H42F2N8O2/c1-18(2)29(39)34(47)45-13-5-6-27(45)32-42-25-12-9-22-14-20(7-10-23(22)31(25)44-32)21-8-11-24-26(15-21)43-33(41-24)28-16-36(37,38)17-46(28)35(48)30(40)19(3)4/h7-12,14-15,18-19,27-30H,5-6,13,16-17,39-40H2,1-4H3,(H,41,43)(H,42,44)/t27-,28-,29?,30?/m0/s1. The number of nitrogens with one attached hydrogen (secondary N) is 2. The zero-order valence-electron chi connectivity index (χ0n) is 27.6. The number of aromatic nitrogens is 4. The summed E-state index contributed by atoms with van der Waals surface area (Å²) in [5.74, 6) is -2.58. The van der Waals surface area contributed by atoms with Crippen molar-refractivity contribution in [3.05, 3.63) is 60.2 Å². The second-order valence-corrected chi connectivity index (χ2v) is 14.1. The van der Waals surface area contributed by atoms with E-state index in [0.717, 1.165) is 51.6 Å². The molecule has 6 N–H and O–H groups in total. The van der Waals surface area contributed by atoms with Crippen molar-refractivity contribution in [2.24, 2.45) is 23.3 Å². The SMILES string of the molecule is CC(C)C(N)C(=O)N1CC(F)(F)C[C@H]1c1nc2ccc(-c3ccc4c(ccc5[nH]c([C@@H]6CCCN6C(=O)C(N)C(C)C)nc54)c3)cc2[nH]1. The summed E-state index contributed by atoms with van der Waals surface area (Å²) in [7, 11) is 0. The molecule has 252 valence electrons. The maximum atomic E-state index is 14.6. The van der Waals surface area contributed by atoms with Crippen LogP contribution in [0.2, 0.25) is 0 Å². The van der Waals surface area contributed by atoms with Crippen LogP contribution in [0.4, 0.5) is 8.78 Å². The van der Waals surface area contributed by atoms with E-state index in [0.29, 0.717) is 23.4 Å². The van der Waals surface area contributed by atoms with Crippen LogP contribution in [-0.4, -0.2) is 72.6 Å². The van der Waals surface area contributed by atoms with Crippen molar-refractivity contribution in [1.29, 1.82) is 0 Å². The van der Waals surface area contributed by atoms with E-state index >= 15 is 0 Å². The van der Waals surface area contributed by atoms with Gasteiger partial charge >= 0.3 is 0 Å². The van der Waals surface area contributed by atoms with E-state index in [9.17, 15) is 18.4 Å². The highest BCUT2D eigenvalue weighted by Crippen LogP contribution is 2.41. The molecule has 7 rings (SSSR count). The largest absolute Gasteiger partial charge is 0.340 e. The van der Waals surface area contributed by atoms with Gasteiger partial charge in [0.15, 0.2) is 0 Å². The summed E-state index contributed by atoms with van der Waals surface area (Å²) < 4.78 is 29.2. The van der Waals surface area contributed by atoms with Gasteiger partial charge in [-0.2, -0.15) is 0 Å². The van der Waals surface area contributed by atoms with Crippen LogP contribution < -0.4 is 11.5 Å². The minimum absolute atomic E-state index is 0.0360. The van der Waals surface area contributed by atoms with Crippen LogP contribution in [0.3, 0.4) is 0 Å². The van der Waals surface area contributed by atoms with Gasteiger partial charge in [-0.15, -0.1) is 0 Å². The van der Waals surface area contributed by atoms with E-state index < -0.39 is 42.9 Å². The number of hydrogen-bond donors (Lipinski definition) is 4. The Balaban J connectivity index is 1.17. The van der Waals surface area contributed by atoms with Crippen molar-refractivity contribution in [2.45, 2.75) is 77.0 Å². The highest BCUT2D eigenvalue weighted by atomic mass is 19.3. The zero-order chi connectivity index (χ0) is 34.1. The number of alkyl halides is 2. The predicted octanol–water partition coefficient (Wildman–Crippen LogP) is 5.80. The molecule has 4 atom stereocenters. The first-order chi connectivity index (χ1) is 22.8. The molecular formula is C36H42F2N8O2. The third kappa shape index (κ3) is 5.60. The van der Waals surface area contributed by atoms with Gasteiger partial charge in [0.25, 0.3) is 5.92 Å². The summed E-state index contributed by atoms with van der Waals surface area (Å²) in [4.78, 5) is 45.5. The lowest BCUT2D eigenvalue weighted by atomic mass is 10.0. The number of nitrogens with zero attached hydrogens (tertiary/aromatic N) is 4. The summed E-state index contributed by atoms with van der Waals surface area (Å²) in [6.45, 7) is 7.51. The number of benzene rings is 3. The Bertz CT molecular complexity index is 2030. The Kier molecular flexibility index (Phi) is 7.98. The first kappa shape index (κ1) is 32.1. The lowest BCUT2D eigenvalue weighted by molar-refractivity contribution is -0.136. The summed E-state index contributed by atoms with van der Waals surface area (Å²) in [5, 5.41) is 2.00. The minimum atomic E-state index is -3.03. The van der Waals surface area contributed by atoms with E-state index in [2.05, 4.69) is 33.2 Å². The van der Waals surface area contributed by atoms with Gasteiger partial charge < -0.3 is 31.2 Å². The summed E-state index contributed by atoms with van der Waals surface area (Å²) in [5.41, 5.74) is 17.3. The molecule has 0 aliphatic carbocycles. The molecule has 4 heterocycles. The van der Waals surface area contributed by atoms with Crippen molar-refractivity contribution in [3.63, 3.8) is 0 Å². The predicted molar refractivity (Wildman–Crippen MR) is 182 cm³/mol. The van der Waals surface area contributed by atoms with Gasteiger partial charge in [-0.3, -0.25) is 9.59 Å². The molecule has 0 saturated carbocycles. The average Bonchev–Trinajstić information content (AvgIpc) is 3.86. The number of carbonyl (C=O) groups is 2. The van der Waals surface area contributed by atoms with Gasteiger partial charge in [0, 0.05) is 18.4 Å². The molecule has 0 bridgehead atoms. The Morgan fingerprint density at radius 2 is 1.48 bits per heavy atom. The fraction of sp³-hybridized carbons (Fsp3) is 0.444. The highest BCUT2D eigenvalue weighted by molar-refractivity contribution is 6.05. The van der Waals surface area contributed by atoms with Crippen LogP contribution in [0.25, 0.3) is 44.0 Å². The third-order valence-electron chi connectivity index (χ3n) is 10.0. The van der Waals surface area contributed by atoms with Crippen LogP contribution in [0.1, 0.15) is 70.7 Å². The highest BCUT2D eigenvalue weighted by Gasteiger charge is 2.49. The third-order valence-corrected chi connectivity index (χ3v) is 10.0. The molecule has 0 radical (unpaired) electrons. The molecule has 0 spiro atoms. The Hall–Kier alpha value is -4.42. The topological polar surface area (TPSA) is 150 Å². The second-order valence-electron chi connectivity index (χ2n) is 14.1. The fourth-order valence-electron chi connectivity index (χ4n) is 7.09. The van der Waals surface area contributed by atoms with Crippen molar-refractivity contribution >= 4 is 44.7 Å². The van der Waals surface area contributed by atoms with Gasteiger partial charge in [-0.1, -0.05) is 52.0 Å². The molecule has 3 aromatic carbocycles. The van der Waals surface area contributed by atoms with E-state index in [1.807, 2.05) is 49.1 Å². The van der Waals surface area contributed by atoms with Crippen LogP contribution in [0, 0.1) is 11.8 Å². The number of halogens is 2. The summed E-state index contributed by atoms with van der Waals surface area (Å²) >= 11 is 0. The molecular weight excluding hydrogens is 614 g/mol. The number of rotatable bonds is 7. The van der Waals surface area contributed by atoms with Crippen LogP contribution >= 0.6 is 0 Å². The number of nitrogens with two attached hydrogens (primary N) is 2. The van der Waals surface area contributed by atoms with Gasteiger partial charge in [0.2, 0.25) is 11.8 Å². The maximum absolute atomic E-state index is 14.6. The van der Waals surface area contributed by atoms with Gasteiger partial charge in [-0.25, -0.2) is 18.7 Å². The van der Waals surface area contributed by atoms with Crippen molar-refractivity contribution < 1.29 is 18.4 Å². The monoisotopic (exact) mass is 656 g/mol. The molecule has 48 heavy (non-hydrogen) atoms. The Labute approximate surface area is 277 Å².